The van der Waals surface area contributed by atoms with E-state index in [1.165, 1.54) is 24.1 Å². The first kappa shape index (κ1) is 30.7. The summed E-state index contributed by atoms with van der Waals surface area (Å²) >= 11 is 0. The van der Waals surface area contributed by atoms with Gasteiger partial charge >= 0.3 is 0 Å². The molecule has 8 nitrogen and oxygen atoms in total. The Kier molecular flexibility index (Phi) is 10.3. The third-order valence-electron chi connectivity index (χ3n) is 6.98. The summed E-state index contributed by atoms with van der Waals surface area (Å²) in [5, 5.41) is 2.95. The summed E-state index contributed by atoms with van der Waals surface area (Å²) in [4.78, 5) is 28.8. The molecule has 214 valence electrons. The van der Waals surface area contributed by atoms with Gasteiger partial charge in [-0.25, -0.2) is 8.42 Å². The summed E-state index contributed by atoms with van der Waals surface area (Å²) in [7, 11) is -2.72. The molecule has 2 atom stereocenters. The Hall–Kier alpha value is -3.85. The van der Waals surface area contributed by atoms with Crippen LogP contribution in [-0.4, -0.2) is 50.9 Å². The highest BCUT2D eigenvalue weighted by Gasteiger charge is 2.34. The number of carbonyl (C=O) groups excluding carboxylic acids is 2. The largest absolute Gasteiger partial charge is 0.495 e. The summed E-state index contributed by atoms with van der Waals surface area (Å²) in [5.74, 6) is -0.508. The minimum Gasteiger partial charge on any atom is -0.495 e. The van der Waals surface area contributed by atoms with E-state index >= 15 is 0 Å². The highest BCUT2D eigenvalue weighted by atomic mass is 32.2. The number of sulfonamides is 1. The molecule has 3 aromatic rings. The molecular formula is C31H39N3O5S. The highest BCUT2D eigenvalue weighted by Crippen LogP contribution is 2.33. The minimum absolute atomic E-state index is 0.0411. The Labute approximate surface area is 238 Å². The number of carbonyl (C=O) groups is 2. The molecule has 0 aliphatic rings. The molecule has 0 saturated heterocycles. The first-order valence-corrected chi connectivity index (χ1v) is 14.8. The number of nitrogens with one attached hydrogen (secondary N) is 1. The van der Waals surface area contributed by atoms with E-state index in [0.717, 1.165) is 27.4 Å². The molecule has 0 fully saturated rings. The van der Waals surface area contributed by atoms with Crippen LogP contribution in [0.25, 0.3) is 0 Å². The predicted molar refractivity (Wildman–Crippen MR) is 158 cm³/mol. The molecule has 0 aliphatic heterocycles. The van der Waals surface area contributed by atoms with Crippen molar-refractivity contribution in [3.05, 3.63) is 89.5 Å². The van der Waals surface area contributed by atoms with Crippen molar-refractivity contribution >= 4 is 27.5 Å². The topological polar surface area (TPSA) is 96.0 Å². The fraction of sp³-hybridized carbons (Fsp3) is 0.355. The van der Waals surface area contributed by atoms with Crippen molar-refractivity contribution in [3.63, 3.8) is 0 Å². The van der Waals surface area contributed by atoms with Crippen molar-refractivity contribution in [2.75, 3.05) is 18.0 Å². The zero-order valence-corrected chi connectivity index (χ0v) is 24.9. The number of rotatable bonds is 12. The van der Waals surface area contributed by atoms with Crippen LogP contribution in [-0.2, 0) is 26.2 Å². The second-order valence-corrected chi connectivity index (χ2v) is 11.8. The van der Waals surface area contributed by atoms with E-state index in [9.17, 15) is 18.0 Å². The van der Waals surface area contributed by atoms with E-state index in [4.69, 9.17) is 4.74 Å². The molecule has 0 aliphatic carbocycles. The van der Waals surface area contributed by atoms with Gasteiger partial charge in [0.25, 0.3) is 10.0 Å². The van der Waals surface area contributed by atoms with Gasteiger partial charge in [0, 0.05) is 12.6 Å². The Morgan fingerprint density at radius 1 is 0.950 bits per heavy atom. The summed E-state index contributed by atoms with van der Waals surface area (Å²) in [6.07, 6.45) is 0.737. The van der Waals surface area contributed by atoms with Crippen LogP contribution in [0.5, 0.6) is 5.75 Å². The van der Waals surface area contributed by atoms with Crippen molar-refractivity contribution in [1.29, 1.82) is 0 Å². The maximum absolute atomic E-state index is 14.1. The van der Waals surface area contributed by atoms with Gasteiger partial charge in [0.15, 0.2) is 0 Å². The number of methoxy groups -OCH3 is 1. The molecule has 3 aromatic carbocycles. The molecule has 0 heterocycles. The average molecular weight is 566 g/mol. The Morgan fingerprint density at radius 2 is 1.60 bits per heavy atom. The van der Waals surface area contributed by atoms with Crippen molar-refractivity contribution in [1.82, 2.24) is 10.2 Å². The molecular weight excluding hydrogens is 526 g/mol. The predicted octanol–water partition coefficient (Wildman–Crippen LogP) is 4.84. The lowest BCUT2D eigenvalue weighted by Gasteiger charge is -2.33. The van der Waals surface area contributed by atoms with Gasteiger partial charge in [0.05, 0.1) is 17.7 Å². The summed E-state index contributed by atoms with van der Waals surface area (Å²) in [6, 6.07) is 19.8. The monoisotopic (exact) mass is 565 g/mol. The van der Waals surface area contributed by atoms with Gasteiger partial charge < -0.3 is 15.0 Å². The highest BCUT2D eigenvalue weighted by molar-refractivity contribution is 7.92. The third kappa shape index (κ3) is 7.21. The van der Waals surface area contributed by atoms with Gasteiger partial charge in [-0.1, -0.05) is 55.5 Å². The third-order valence-corrected chi connectivity index (χ3v) is 8.76. The van der Waals surface area contributed by atoms with Crippen molar-refractivity contribution < 1.29 is 22.7 Å². The van der Waals surface area contributed by atoms with Crippen LogP contribution in [0, 0.1) is 13.8 Å². The molecule has 3 rings (SSSR count). The summed E-state index contributed by atoms with van der Waals surface area (Å²) in [6.45, 7) is 8.92. The lowest BCUT2D eigenvalue weighted by atomic mass is 10.1. The molecule has 0 unspecified atom stereocenters. The molecule has 2 amide bonds. The lowest BCUT2D eigenvalue weighted by Crippen LogP contribution is -2.52. The van der Waals surface area contributed by atoms with E-state index < -0.39 is 28.5 Å². The molecule has 0 aromatic heterocycles. The molecule has 1 N–H and O–H groups in total. The van der Waals surface area contributed by atoms with E-state index in [-0.39, 0.29) is 29.1 Å². The Balaban J connectivity index is 2.09. The van der Waals surface area contributed by atoms with Crippen molar-refractivity contribution in [2.24, 2.45) is 0 Å². The van der Waals surface area contributed by atoms with Crippen molar-refractivity contribution in [3.8, 4) is 5.75 Å². The van der Waals surface area contributed by atoms with Gasteiger partial charge in [-0.15, -0.1) is 0 Å². The van der Waals surface area contributed by atoms with Crippen LogP contribution in [0.1, 0.15) is 43.9 Å². The van der Waals surface area contributed by atoms with Crippen LogP contribution in [0.15, 0.2) is 77.7 Å². The first-order valence-electron chi connectivity index (χ1n) is 13.4. The molecule has 0 saturated carbocycles. The fourth-order valence-corrected chi connectivity index (χ4v) is 5.68. The van der Waals surface area contributed by atoms with Gasteiger partial charge in [0.1, 0.15) is 18.3 Å². The molecule has 0 bridgehead atoms. The zero-order chi connectivity index (χ0) is 29.4. The maximum Gasteiger partial charge on any atom is 0.264 e. The van der Waals surface area contributed by atoms with E-state index in [1.54, 1.807) is 37.3 Å². The van der Waals surface area contributed by atoms with Crippen LogP contribution in [0.4, 0.5) is 5.69 Å². The quantitative estimate of drug-likeness (QED) is 0.339. The number of amides is 2. The lowest BCUT2D eigenvalue weighted by molar-refractivity contribution is -0.139. The normalized spacial score (nSPS) is 12.8. The smallest absolute Gasteiger partial charge is 0.264 e. The second-order valence-electron chi connectivity index (χ2n) is 9.94. The number of nitrogens with zero attached hydrogens (tertiary/aromatic N) is 2. The minimum atomic E-state index is -4.18. The van der Waals surface area contributed by atoms with Crippen LogP contribution < -0.4 is 14.4 Å². The number of ether oxygens (including phenoxy) is 1. The first-order chi connectivity index (χ1) is 19.0. The van der Waals surface area contributed by atoms with E-state index in [1.807, 2.05) is 58.0 Å². The van der Waals surface area contributed by atoms with Gasteiger partial charge in [-0.05, 0) is 75.1 Å². The standard InChI is InChI=1S/C31H39N3O5S/c1-7-24(4)32-31(36)25(5)33(20-26-14-12-11-13-23(26)3)30(35)21-34(28-19-22(2)17-18-29(28)39-6)40(37,38)27-15-9-8-10-16-27/h8-19,24-25H,7,20-21H2,1-6H3,(H,32,36)/t24-,25+/m0/s1. The second kappa shape index (κ2) is 13.5. The summed E-state index contributed by atoms with van der Waals surface area (Å²) in [5.41, 5.74) is 2.87. The number of aryl methyl sites for hydroxylation is 2. The van der Waals surface area contributed by atoms with Gasteiger partial charge in [-0.2, -0.15) is 0 Å². The Bertz CT molecular complexity index is 1430. The van der Waals surface area contributed by atoms with Gasteiger partial charge in [0.2, 0.25) is 11.8 Å². The van der Waals surface area contributed by atoms with Crippen LogP contribution >= 0.6 is 0 Å². The SMILES string of the molecule is CC[C@H](C)NC(=O)[C@@H](C)N(Cc1ccccc1C)C(=O)CN(c1cc(C)ccc1OC)S(=O)(=O)c1ccccc1. The molecule has 0 spiro atoms. The van der Waals surface area contributed by atoms with Gasteiger partial charge in [-0.3, -0.25) is 13.9 Å². The van der Waals surface area contributed by atoms with Crippen LogP contribution in [0.2, 0.25) is 0 Å². The number of hydrogen-bond acceptors (Lipinski definition) is 5. The zero-order valence-electron chi connectivity index (χ0n) is 24.0. The number of anilines is 1. The maximum atomic E-state index is 14.1. The molecule has 0 radical (unpaired) electrons. The fourth-order valence-electron chi connectivity index (χ4n) is 4.25. The molecule has 40 heavy (non-hydrogen) atoms. The van der Waals surface area contributed by atoms with E-state index in [2.05, 4.69) is 5.32 Å². The summed E-state index contributed by atoms with van der Waals surface area (Å²) < 4.78 is 34.6. The van der Waals surface area contributed by atoms with Crippen LogP contribution in [0.3, 0.4) is 0 Å². The number of hydrogen-bond donors (Lipinski definition) is 1. The van der Waals surface area contributed by atoms with Crippen molar-refractivity contribution in [2.45, 2.75) is 64.6 Å². The average Bonchev–Trinajstić information content (AvgIpc) is 2.95. The van der Waals surface area contributed by atoms with E-state index in [0.29, 0.717) is 5.75 Å². The molecule has 9 heteroatoms. The Morgan fingerprint density at radius 3 is 2.23 bits per heavy atom. The number of benzene rings is 3.